The smallest absolute Gasteiger partial charge is 0.146 e. The van der Waals surface area contributed by atoms with Gasteiger partial charge in [-0.25, -0.2) is 4.98 Å². The molecule has 9 rings (SSSR count). The van der Waals surface area contributed by atoms with Gasteiger partial charge in [0.05, 0.1) is 16.6 Å². The van der Waals surface area contributed by atoms with E-state index in [2.05, 4.69) is 161 Å². The lowest BCUT2D eigenvalue weighted by Gasteiger charge is -2.14. The van der Waals surface area contributed by atoms with Gasteiger partial charge in [-0.3, -0.25) is 9.55 Å². The maximum atomic E-state index is 5.16. The van der Waals surface area contributed by atoms with Crippen molar-refractivity contribution in [1.29, 1.82) is 0 Å². The Balaban J connectivity index is 1.17. The number of para-hydroxylation sites is 3. The molecule has 0 fully saturated rings. The van der Waals surface area contributed by atoms with Crippen molar-refractivity contribution in [2.75, 3.05) is 0 Å². The Hall–Kier alpha value is -6.06. The summed E-state index contributed by atoms with van der Waals surface area (Å²) < 4.78 is 2.27. The first-order chi connectivity index (χ1) is 22.3. The average Bonchev–Trinajstić information content (AvgIpc) is 3.51. The van der Waals surface area contributed by atoms with Gasteiger partial charge in [0.15, 0.2) is 0 Å². The minimum absolute atomic E-state index is 0.943. The zero-order valence-corrected chi connectivity index (χ0v) is 24.4. The molecule has 7 aromatic carbocycles. The van der Waals surface area contributed by atoms with E-state index in [1.165, 1.54) is 43.8 Å². The lowest BCUT2D eigenvalue weighted by molar-refractivity contribution is 1.11. The lowest BCUT2D eigenvalue weighted by atomic mass is 9.92. The Morgan fingerprint density at radius 3 is 1.89 bits per heavy atom. The Morgan fingerprint density at radius 1 is 0.422 bits per heavy atom. The number of aromatic nitrogens is 3. The van der Waals surface area contributed by atoms with Gasteiger partial charge in [0.2, 0.25) is 0 Å². The Morgan fingerprint density at radius 2 is 1.07 bits per heavy atom. The number of pyridine rings is 1. The highest BCUT2D eigenvalue weighted by molar-refractivity contribution is 6.10. The first-order valence-corrected chi connectivity index (χ1v) is 15.3. The number of nitrogens with zero attached hydrogens (tertiary/aromatic N) is 3. The predicted octanol–water partition coefficient (Wildman–Crippen LogP) is 10.9. The van der Waals surface area contributed by atoms with E-state index in [4.69, 9.17) is 4.98 Å². The van der Waals surface area contributed by atoms with Crippen LogP contribution in [0.15, 0.2) is 164 Å². The van der Waals surface area contributed by atoms with Crippen LogP contribution in [0.2, 0.25) is 0 Å². The van der Waals surface area contributed by atoms with E-state index in [0.29, 0.717) is 0 Å². The molecule has 0 saturated carbocycles. The van der Waals surface area contributed by atoms with E-state index in [1.807, 2.05) is 12.3 Å². The van der Waals surface area contributed by atoms with Crippen molar-refractivity contribution >= 4 is 43.5 Å². The Labute approximate surface area is 260 Å². The van der Waals surface area contributed by atoms with Crippen molar-refractivity contribution in [1.82, 2.24) is 14.5 Å². The van der Waals surface area contributed by atoms with Crippen LogP contribution in [0.3, 0.4) is 0 Å². The average molecular weight is 574 g/mol. The van der Waals surface area contributed by atoms with Crippen molar-refractivity contribution in [2.45, 2.75) is 0 Å². The summed E-state index contributed by atoms with van der Waals surface area (Å²) in [6, 6.07) is 56.0. The molecule has 2 heterocycles. The summed E-state index contributed by atoms with van der Waals surface area (Å²) in [5, 5.41) is 5.94. The van der Waals surface area contributed by atoms with Crippen LogP contribution in [-0.2, 0) is 0 Å². The first-order valence-electron chi connectivity index (χ1n) is 15.3. The van der Waals surface area contributed by atoms with Crippen molar-refractivity contribution in [3.63, 3.8) is 0 Å². The maximum Gasteiger partial charge on any atom is 0.146 e. The Kier molecular flexibility index (Phi) is 5.82. The second kappa shape index (κ2) is 10.3. The molecular weight excluding hydrogens is 546 g/mol. The highest BCUT2D eigenvalue weighted by atomic mass is 15.1. The molecule has 3 heteroatoms. The first kappa shape index (κ1) is 25.4. The van der Waals surface area contributed by atoms with Crippen LogP contribution in [0.25, 0.3) is 82.8 Å². The van der Waals surface area contributed by atoms with Crippen LogP contribution in [0.5, 0.6) is 0 Å². The SMILES string of the molecule is c1ccc(-n2c(-c3ccc(-c4ccc(-c5cccc6c5ccc5cccnc56)cc4)c4ccccc34)nc3ccccc32)cc1. The van der Waals surface area contributed by atoms with Crippen LogP contribution in [0.4, 0.5) is 0 Å². The minimum Gasteiger partial charge on any atom is -0.292 e. The van der Waals surface area contributed by atoms with Crippen molar-refractivity contribution in [3.8, 4) is 39.3 Å². The van der Waals surface area contributed by atoms with E-state index in [0.717, 1.165) is 39.0 Å². The second-order valence-corrected chi connectivity index (χ2v) is 11.4. The van der Waals surface area contributed by atoms with E-state index in [9.17, 15) is 0 Å². The van der Waals surface area contributed by atoms with Crippen molar-refractivity contribution < 1.29 is 0 Å². The van der Waals surface area contributed by atoms with Crippen LogP contribution in [-0.4, -0.2) is 14.5 Å². The van der Waals surface area contributed by atoms with Gasteiger partial charge in [0.1, 0.15) is 5.82 Å². The zero-order valence-electron chi connectivity index (χ0n) is 24.4. The fourth-order valence-corrected chi connectivity index (χ4v) is 6.77. The molecule has 0 N–H and O–H groups in total. The maximum absolute atomic E-state index is 5.16. The number of fused-ring (bicyclic) bond motifs is 5. The summed E-state index contributed by atoms with van der Waals surface area (Å²) >= 11 is 0. The number of rotatable bonds is 4. The van der Waals surface area contributed by atoms with Gasteiger partial charge in [-0.05, 0) is 74.8 Å². The van der Waals surface area contributed by atoms with Crippen LogP contribution >= 0.6 is 0 Å². The number of imidazole rings is 1. The molecule has 2 aromatic heterocycles. The zero-order chi connectivity index (χ0) is 29.7. The van der Waals surface area contributed by atoms with Gasteiger partial charge in [0.25, 0.3) is 0 Å². The summed E-state index contributed by atoms with van der Waals surface area (Å²) in [6.07, 6.45) is 1.87. The molecule has 0 spiro atoms. The molecule has 9 aromatic rings. The molecule has 0 atom stereocenters. The molecule has 3 nitrogen and oxygen atoms in total. The normalized spacial score (nSPS) is 11.6. The monoisotopic (exact) mass is 573 g/mol. The van der Waals surface area contributed by atoms with E-state index in [1.54, 1.807) is 0 Å². The summed E-state index contributed by atoms with van der Waals surface area (Å²) in [7, 11) is 0. The third-order valence-corrected chi connectivity index (χ3v) is 8.88. The summed E-state index contributed by atoms with van der Waals surface area (Å²) in [6.45, 7) is 0. The Bertz CT molecular complexity index is 2530. The fourth-order valence-electron chi connectivity index (χ4n) is 6.77. The van der Waals surface area contributed by atoms with Crippen molar-refractivity contribution in [3.05, 3.63) is 164 Å². The van der Waals surface area contributed by atoms with Crippen LogP contribution in [0, 0.1) is 0 Å². The molecule has 0 amide bonds. The third kappa shape index (κ3) is 4.13. The van der Waals surface area contributed by atoms with Gasteiger partial charge < -0.3 is 0 Å². The molecule has 0 saturated heterocycles. The molecule has 210 valence electrons. The molecular formula is C42H27N3. The molecule has 45 heavy (non-hydrogen) atoms. The number of hydrogen-bond donors (Lipinski definition) is 0. The molecule has 0 aliphatic carbocycles. The van der Waals surface area contributed by atoms with Crippen LogP contribution < -0.4 is 0 Å². The highest BCUT2D eigenvalue weighted by Crippen LogP contribution is 2.39. The van der Waals surface area contributed by atoms with Gasteiger partial charge in [0, 0.05) is 28.2 Å². The predicted molar refractivity (Wildman–Crippen MR) is 188 cm³/mol. The van der Waals surface area contributed by atoms with E-state index in [-0.39, 0.29) is 0 Å². The van der Waals surface area contributed by atoms with Gasteiger partial charge in [-0.15, -0.1) is 0 Å². The summed E-state index contributed by atoms with van der Waals surface area (Å²) in [4.78, 5) is 9.84. The van der Waals surface area contributed by atoms with Crippen molar-refractivity contribution in [2.24, 2.45) is 0 Å². The second-order valence-electron chi connectivity index (χ2n) is 11.4. The molecule has 0 aliphatic heterocycles. The minimum atomic E-state index is 0.943. The summed E-state index contributed by atoms with van der Waals surface area (Å²) in [5.74, 6) is 0.943. The molecule has 0 radical (unpaired) electrons. The topological polar surface area (TPSA) is 30.7 Å². The van der Waals surface area contributed by atoms with E-state index >= 15 is 0 Å². The number of benzene rings is 7. The van der Waals surface area contributed by atoms with E-state index < -0.39 is 0 Å². The largest absolute Gasteiger partial charge is 0.292 e. The summed E-state index contributed by atoms with van der Waals surface area (Å²) in [5.41, 5.74) is 10.1. The van der Waals surface area contributed by atoms with Gasteiger partial charge in [-0.1, -0.05) is 121 Å². The van der Waals surface area contributed by atoms with Gasteiger partial charge >= 0.3 is 0 Å². The molecule has 0 unspecified atom stereocenters. The standard InChI is InChI=1S/C42H27N3/c1-2-11-31(12-3-1)45-40-18-7-6-17-39(40)44-42(45)38-26-25-33(34-13-4-5-14-35(34)38)29-21-19-28(20-22-29)32-15-8-16-37-36(32)24-23-30-10-9-27-43-41(30)37/h1-27H. The fraction of sp³-hybridized carbons (Fsp3) is 0. The van der Waals surface area contributed by atoms with Gasteiger partial charge in [-0.2, -0.15) is 0 Å². The lowest BCUT2D eigenvalue weighted by Crippen LogP contribution is -1.98. The molecule has 0 bridgehead atoms. The quantitative estimate of drug-likeness (QED) is 0.196. The van der Waals surface area contributed by atoms with Crippen LogP contribution in [0.1, 0.15) is 0 Å². The molecule has 0 aliphatic rings. The number of hydrogen-bond acceptors (Lipinski definition) is 2. The highest BCUT2D eigenvalue weighted by Gasteiger charge is 2.18. The third-order valence-electron chi connectivity index (χ3n) is 8.88.